The third-order valence-corrected chi connectivity index (χ3v) is 5.84. The van der Waals surface area contributed by atoms with Crippen LogP contribution in [0.4, 0.5) is 8.78 Å². The Morgan fingerprint density at radius 2 is 2.11 bits per heavy atom. The van der Waals surface area contributed by atoms with Gasteiger partial charge in [0.1, 0.15) is 10.6 Å². The van der Waals surface area contributed by atoms with Crippen LogP contribution in [0.3, 0.4) is 0 Å². The van der Waals surface area contributed by atoms with Crippen molar-refractivity contribution in [1.29, 1.82) is 0 Å². The number of pyridine rings is 1. The van der Waals surface area contributed by atoms with Crippen molar-refractivity contribution >= 4 is 39.3 Å². The van der Waals surface area contributed by atoms with Crippen LogP contribution in [-0.4, -0.2) is 30.6 Å². The van der Waals surface area contributed by atoms with Crippen molar-refractivity contribution in [2.45, 2.75) is 37.6 Å². The summed E-state index contributed by atoms with van der Waals surface area (Å²) in [5, 5.41) is 6.22. The SMILES string of the molecule is CC1(C)CC(Cn2cc(Cl)cn2)N=C(c2cnc3c(F)c(F)ccc3c2)S1. The largest absolute Gasteiger partial charge is 0.272 e. The predicted molar refractivity (Wildman–Crippen MR) is 106 cm³/mol. The van der Waals surface area contributed by atoms with Crippen LogP contribution < -0.4 is 0 Å². The number of hydrogen-bond acceptors (Lipinski definition) is 4. The summed E-state index contributed by atoms with van der Waals surface area (Å²) in [6.45, 7) is 4.96. The van der Waals surface area contributed by atoms with Crippen LogP contribution in [0.15, 0.2) is 41.8 Å². The molecule has 4 rings (SSSR count). The zero-order chi connectivity index (χ0) is 19.2. The van der Waals surface area contributed by atoms with Crippen molar-refractivity contribution in [3.63, 3.8) is 0 Å². The number of aromatic nitrogens is 3. The molecule has 0 saturated heterocycles. The zero-order valence-corrected chi connectivity index (χ0v) is 16.4. The lowest BCUT2D eigenvalue weighted by atomic mass is 10.0. The Morgan fingerprint density at radius 1 is 1.30 bits per heavy atom. The van der Waals surface area contributed by atoms with Gasteiger partial charge in [-0.3, -0.25) is 14.7 Å². The van der Waals surface area contributed by atoms with E-state index in [9.17, 15) is 8.78 Å². The molecule has 1 atom stereocenters. The number of thioether (sulfide) groups is 1. The number of fused-ring (bicyclic) bond motifs is 1. The van der Waals surface area contributed by atoms with E-state index in [-0.39, 0.29) is 16.3 Å². The average molecular weight is 407 g/mol. The van der Waals surface area contributed by atoms with Crippen LogP contribution >= 0.6 is 23.4 Å². The van der Waals surface area contributed by atoms with E-state index in [1.165, 1.54) is 6.07 Å². The Morgan fingerprint density at radius 3 is 2.85 bits per heavy atom. The summed E-state index contributed by atoms with van der Waals surface area (Å²) in [6.07, 6.45) is 5.83. The van der Waals surface area contributed by atoms with Gasteiger partial charge in [-0.05, 0) is 24.6 Å². The van der Waals surface area contributed by atoms with Gasteiger partial charge in [0.2, 0.25) is 0 Å². The predicted octanol–water partition coefficient (Wildman–Crippen LogP) is 5.09. The van der Waals surface area contributed by atoms with Gasteiger partial charge >= 0.3 is 0 Å². The molecule has 3 heterocycles. The molecule has 27 heavy (non-hydrogen) atoms. The molecule has 0 N–H and O–H groups in total. The van der Waals surface area contributed by atoms with Gasteiger partial charge < -0.3 is 0 Å². The summed E-state index contributed by atoms with van der Waals surface area (Å²) in [4.78, 5) is 9.00. The molecule has 0 bridgehead atoms. The summed E-state index contributed by atoms with van der Waals surface area (Å²) in [5.41, 5.74) is 0.830. The Labute approximate surface area is 164 Å². The third-order valence-electron chi connectivity index (χ3n) is 4.39. The van der Waals surface area contributed by atoms with Crippen molar-refractivity contribution < 1.29 is 8.78 Å². The topological polar surface area (TPSA) is 43.1 Å². The van der Waals surface area contributed by atoms with Crippen molar-refractivity contribution in [3.8, 4) is 0 Å². The molecule has 1 aromatic carbocycles. The number of benzene rings is 1. The molecule has 2 aromatic heterocycles. The first-order chi connectivity index (χ1) is 12.8. The molecule has 0 amide bonds. The number of nitrogens with zero attached hydrogens (tertiary/aromatic N) is 4. The number of halogens is 3. The van der Waals surface area contributed by atoms with Gasteiger partial charge in [0.15, 0.2) is 11.6 Å². The first kappa shape index (κ1) is 18.4. The second kappa shape index (κ2) is 6.87. The molecule has 4 nitrogen and oxygen atoms in total. The minimum atomic E-state index is -0.925. The molecule has 3 aromatic rings. The van der Waals surface area contributed by atoms with Crippen molar-refractivity contribution in [1.82, 2.24) is 14.8 Å². The molecule has 8 heteroatoms. The van der Waals surface area contributed by atoms with Crippen molar-refractivity contribution in [2.75, 3.05) is 0 Å². The molecule has 0 spiro atoms. The minimum absolute atomic E-state index is 0.0261. The lowest BCUT2D eigenvalue weighted by Gasteiger charge is -2.33. The lowest BCUT2D eigenvalue weighted by molar-refractivity contribution is 0.448. The van der Waals surface area contributed by atoms with Gasteiger partial charge in [-0.2, -0.15) is 5.10 Å². The third kappa shape index (κ3) is 3.84. The summed E-state index contributed by atoms with van der Waals surface area (Å²) in [6, 6.07) is 4.49. The number of hydrogen-bond donors (Lipinski definition) is 0. The smallest absolute Gasteiger partial charge is 0.184 e. The normalized spacial score (nSPS) is 19.3. The monoisotopic (exact) mass is 406 g/mol. The van der Waals surface area contributed by atoms with Crippen LogP contribution in [0, 0.1) is 11.6 Å². The average Bonchev–Trinajstić information content (AvgIpc) is 3.01. The molecular weight excluding hydrogens is 390 g/mol. The van der Waals surface area contributed by atoms with Crippen LogP contribution in [0.2, 0.25) is 5.02 Å². The van der Waals surface area contributed by atoms with Crippen LogP contribution in [0.1, 0.15) is 25.8 Å². The van der Waals surface area contributed by atoms with E-state index in [1.54, 1.807) is 41.1 Å². The lowest BCUT2D eigenvalue weighted by Crippen LogP contribution is -2.32. The minimum Gasteiger partial charge on any atom is -0.272 e. The maximum absolute atomic E-state index is 13.9. The van der Waals surface area contributed by atoms with Gasteiger partial charge in [-0.25, -0.2) is 8.78 Å². The molecule has 1 aliphatic heterocycles. The fourth-order valence-corrected chi connectivity index (χ4v) is 4.65. The molecule has 0 fully saturated rings. The van der Waals surface area contributed by atoms with E-state index in [4.69, 9.17) is 16.6 Å². The Kier molecular flexibility index (Phi) is 4.68. The first-order valence-corrected chi connectivity index (χ1v) is 9.69. The highest BCUT2D eigenvalue weighted by atomic mass is 35.5. The maximum atomic E-state index is 13.9. The second-order valence-electron chi connectivity index (χ2n) is 7.19. The van der Waals surface area contributed by atoms with Gasteiger partial charge in [-0.1, -0.05) is 37.2 Å². The second-order valence-corrected chi connectivity index (χ2v) is 9.32. The molecule has 1 aliphatic rings. The molecule has 0 radical (unpaired) electrons. The van der Waals surface area contributed by atoms with E-state index in [2.05, 4.69) is 23.9 Å². The van der Waals surface area contributed by atoms with Gasteiger partial charge in [0, 0.05) is 28.1 Å². The fourth-order valence-electron chi connectivity index (χ4n) is 3.26. The highest BCUT2D eigenvalue weighted by molar-refractivity contribution is 8.15. The summed E-state index contributed by atoms with van der Waals surface area (Å²) in [5.74, 6) is -1.82. The Balaban J connectivity index is 1.70. The standard InChI is InChI=1S/C19H17ClF2N4S/c1-19(2)6-14(10-26-9-13(20)8-24-26)25-18(27-19)12-5-11-3-4-15(21)16(22)17(11)23-7-12/h3-5,7-9,14H,6,10H2,1-2H3. The highest BCUT2D eigenvalue weighted by Crippen LogP contribution is 2.38. The summed E-state index contributed by atoms with van der Waals surface area (Å²) < 4.78 is 29.1. The number of rotatable bonds is 3. The van der Waals surface area contributed by atoms with Crippen LogP contribution in [0.5, 0.6) is 0 Å². The molecule has 140 valence electrons. The van der Waals surface area contributed by atoms with E-state index >= 15 is 0 Å². The Hall–Kier alpha value is -1.99. The van der Waals surface area contributed by atoms with Crippen molar-refractivity contribution in [2.24, 2.45) is 4.99 Å². The van der Waals surface area contributed by atoms with Gasteiger partial charge in [0.25, 0.3) is 0 Å². The van der Waals surface area contributed by atoms with E-state index in [1.807, 2.05) is 0 Å². The van der Waals surface area contributed by atoms with E-state index < -0.39 is 11.6 Å². The summed E-state index contributed by atoms with van der Waals surface area (Å²) >= 11 is 7.61. The highest BCUT2D eigenvalue weighted by Gasteiger charge is 2.32. The molecule has 0 saturated carbocycles. The van der Waals surface area contributed by atoms with Gasteiger partial charge in [-0.15, -0.1) is 0 Å². The number of aliphatic imine (C=N–C) groups is 1. The van der Waals surface area contributed by atoms with Crippen molar-refractivity contribution in [3.05, 3.63) is 59.0 Å². The fraction of sp³-hybridized carbons (Fsp3) is 0.316. The van der Waals surface area contributed by atoms with Gasteiger partial charge in [0.05, 0.1) is 23.8 Å². The van der Waals surface area contributed by atoms with E-state index in [0.29, 0.717) is 17.0 Å². The zero-order valence-electron chi connectivity index (χ0n) is 14.8. The Bertz CT molecular complexity index is 1050. The van der Waals surface area contributed by atoms with Crippen LogP contribution in [0.25, 0.3) is 10.9 Å². The van der Waals surface area contributed by atoms with E-state index in [0.717, 1.165) is 23.1 Å². The first-order valence-electron chi connectivity index (χ1n) is 8.50. The van der Waals surface area contributed by atoms with Crippen LogP contribution in [-0.2, 0) is 6.54 Å². The molecular formula is C19H17ClF2N4S. The maximum Gasteiger partial charge on any atom is 0.184 e. The molecule has 1 unspecified atom stereocenters. The molecule has 0 aliphatic carbocycles. The summed E-state index contributed by atoms with van der Waals surface area (Å²) in [7, 11) is 0. The quantitative estimate of drug-likeness (QED) is 0.608.